The molecule has 3 rings (SSSR count). The summed E-state index contributed by atoms with van der Waals surface area (Å²) < 4.78 is 6.62. The van der Waals surface area contributed by atoms with Crippen LogP contribution >= 0.6 is 0 Å². The van der Waals surface area contributed by atoms with E-state index in [0.29, 0.717) is 19.1 Å². The van der Waals surface area contributed by atoms with Gasteiger partial charge in [0.15, 0.2) is 0 Å². The molecule has 1 aromatic rings. The molecular formula is C17H26N4O3. The smallest absolute Gasteiger partial charge is 0.269 e. The molecule has 2 aliphatic rings. The molecule has 7 heteroatoms. The predicted octanol–water partition coefficient (Wildman–Crippen LogP) is 0.776. The predicted molar refractivity (Wildman–Crippen MR) is 91.1 cm³/mol. The summed E-state index contributed by atoms with van der Waals surface area (Å²) in [5.74, 6) is 0.190. The fourth-order valence-electron chi connectivity index (χ4n) is 3.29. The van der Waals surface area contributed by atoms with E-state index in [1.165, 1.54) is 11.1 Å². The summed E-state index contributed by atoms with van der Waals surface area (Å²) in [6.07, 6.45) is 7.34. The number of amides is 1. The van der Waals surface area contributed by atoms with E-state index in [2.05, 4.69) is 15.3 Å². The van der Waals surface area contributed by atoms with Crippen molar-refractivity contribution in [3.8, 4) is 0 Å². The Morgan fingerprint density at radius 3 is 2.83 bits per heavy atom. The van der Waals surface area contributed by atoms with Crippen molar-refractivity contribution in [2.45, 2.75) is 38.6 Å². The molecule has 1 N–H and O–H groups in total. The van der Waals surface area contributed by atoms with Crippen LogP contribution < -0.4 is 15.8 Å². The van der Waals surface area contributed by atoms with Crippen LogP contribution in [0.5, 0.6) is 0 Å². The second-order valence-corrected chi connectivity index (χ2v) is 6.64. The van der Waals surface area contributed by atoms with Crippen LogP contribution in [0.2, 0.25) is 0 Å². The van der Waals surface area contributed by atoms with E-state index in [1.807, 2.05) is 0 Å². The number of nitrogens with zero attached hydrogens (tertiary/aromatic N) is 3. The van der Waals surface area contributed by atoms with E-state index >= 15 is 0 Å². The van der Waals surface area contributed by atoms with Gasteiger partial charge >= 0.3 is 0 Å². The van der Waals surface area contributed by atoms with Gasteiger partial charge in [-0.3, -0.25) is 9.59 Å². The number of piperidine rings is 1. The lowest BCUT2D eigenvalue weighted by molar-refractivity contribution is -0.122. The molecule has 1 atom stereocenters. The topological polar surface area (TPSA) is 76.5 Å². The molecule has 0 spiro atoms. The van der Waals surface area contributed by atoms with E-state index < -0.39 is 0 Å². The number of aromatic nitrogens is 2. The van der Waals surface area contributed by atoms with E-state index in [1.54, 1.807) is 12.3 Å². The highest BCUT2D eigenvalue weighted by Gasteiger charge is 2.16. The van der Waals surface area contributed by atoms with Crippen molar-refractivity contribution >= 4 is 11.6 Å². The third kappa shape index (κ3) is 4.56. The minimum Gasteiger partial charge on any atom is -0.381 e. The van der Waals surface area contributed by atoms with Gasteiger partial charge in [0.2, 0.25) is 5.91 Å². The van der Waals surface area contributed by atoms with Gasteiger partial charge < -0.3 is 15.0 Å². The molecule has 7 nitrogen and oxygen atoms in total. The first-order valence-electron chi connectivity index (χ1n) is 8.89. The summed E-state index contributed by atoms with van der Waals surface area (Å²) in [4.78, 5) is 26.4. The first kappa shape index (κ1) is 17.0. The maximum Gasteiger partial charge on any atom is 0.269 e. The molecule has 0 bridgehead atoms. The van der Waals surface area contributed by atoms with Gasteiger partial charge in [-0.2, -0.15) is 5.10 Å². The zero-order valence-corrected chi connectivity index (χ0v) is 14.1. The number of carbonyl (C=O) groups is 1. The van der Waals surface area contributed by atoms with Gasteiger partial charge in [0.25, 0.3) is 5.56 Å². The van der Waals surface area contributed by atoms with Crippen molar-refractivity contribution in [2.75, 3.05) is 37.7 Å². The number of hydrogen-bond acceptors (Lipinski definition) is 5. The Labute approximate surface area is 142 Å². The largest absolute Gasteiger partial charge is 0.381 e. The second-order valence-electron chi connectivity index (χ2n) is 6.64. The molecule has 2 saturated heterocycles. The molecule has 3 heterocycles. The van der Waals surface area contributed by atoms with Crippen LogP contribution in [0.3, 0.4) is 0 Å². The Bertz CT molecular complexity index is 604. The van der Waals surface area contributed by atoms with Gasteiger partial charge in [0, 0.05) is 32.3 Å². The van der Waals surface area contributed by atoms with Gasteiger partial charge in [0.1, 0.15) is 6.54 Å². The molecule has 1 amide bonds. The fourth-order valence-corrected chi connectivity index (χ4v) is 3.29. The van der Waals surface area contributed by atoms with Crippen molar-refractivity contribution in [3.05, 3.63) is 22.6 Å². The molecule has 132 valence electrons. The minimum absolute atomic E-state index is 0.0350. The lowest BCUT2D eigenvalue weighted by Crippen LogP contribution is -2.38. The first-order chi connectivity index (χ1) is 11.7. The fraction of sp³-hybridized carbons (Fsp3) is 0.706. The summed E-state index contributed by atoms with van der Waals surface area (Å²) in [5, 5.41) is 7.04. The molecule has 0 aromatic carbocycles. The highest BCUT2D eigenvalue weighted by atomic mass is 16.5. The van der Waals surface area contributed by atoms with Gasteiger partial charge in [-0.1, -0.05) is 0 Å². The number of rotatable bonds is 5. The second kappa shape index (κ2) is 8.28. The summed E-state index contributed by atoms with van der Waals surface area (Å²) >= 11 is 0. The Morgan fingerprint density at radius 2 is 2.12 bits per heavy atom. The lowest BCUT2D eigenvalue weighted by atomic mass is 10.0. The Hall–Kier alpha value is -1.89. The van der Waals surface area contributed by atoms with Crippen molar-refractivity contribution in [1.82, 2.24) is 15.1 Å². The third-order valence-corrected chi connectivity index (χ3v) is 4.71. The SMILES string of the molecule is O=C(Cn1ncc(N2CCCCC2)cc1=O)NCC1CCCOC1. The standard InChI is InChI=1S/C17H26N4O3/c22-16(18-10-14-5-4-8-24-13-14)12-21-17(23)9-15(11-19-21)20-6-2-1-3-7-20/h9,11,14H,1-8,10,12-13H2,(H,18,22). The van der Waals surface area contributed by atoms with Crippen molar-refractivity contribution in [1.29, 1.82) is 0 Å². The van der Waals surface area contributed by atoms with Crippen LogP contribution in [0, 0.1) is 5.92 Å². The van der Waals surface area contributed by atoms with Crippen LogP contribution in [0.1, 0.15) is 32.1 Å². The van der Waals surface area contributed by atoms with E-state index in [-0.39, 0.29) is 18.0 Å². The van der Waals surface area contributed by atoms with Crippen LogP contribution in [0.15, 0.2) is 17.1 Å². The average Bonchev–Trinajstić information content (AvgIpc) is 2.63. The summed E-state index contributed by atoms with van der Waals surface area (Å²) in [6, 6.07) is 1.58. The van der Waals surface area contributed by atoms with Crippen LogP contribution in [0.25, 0.3) is 0 Å². The maximum atomic E-state index is 12.2. The molecule has 0 aliphatic carbocycles. The van der Waals surface area contributed by atoms with E-state index in [9.17, 15) is 9.59 Å². The molecule has 2 aliphatic heterocycles. The monoisotopic (exact) mass is 334 g/mol. The Morgan fingerprint density at radius 1 is 1.29 bits per heavy atom. The van der Waals surface area contributed by atoms with E-state index in [4.69, 9.17) is 4.74 Å². The van der Waals surface area contributed by atoms with Gasteiger partial charge in [-0.05, 0) is 38.0 Å². The van der Waals surface area contributed by atoms with Gasteiger partial charge in [-0.15, -0.1) is 0 Å². The van der Waals surface area contributed by atoms with Crippen molar-refractivity contribution < 1.29 is 9.53 Å². The molecule has 1 aromatic heterocycles. The van der Waals surface area contributed by atoms with Crippen LogP contribution in [0.4, 0.5) is 5.69 Å². The molecular weight excluding hydrogens is 308 g/mol. The van der Waals surface area contributed by atoms with E-state index in [0.717, 1.165) is 51.1 Å². The number of nitrogens with one attached hydrogen (secondary N) is 1. The van der Waals surface area contributed by atoms with Crippen molar-refractivity contribution in [2.24, 2.45) is 5.92 Å². The zero-order chi connectivity index (χ0) is 16.8. The summed E-state index contributed by atoms with van der Waals surface area (Å²) in [6.45, 7) is 4.01. The number of hydrogen-bond donors (Lipinski definition) is 1. The van der Waals surface area contributed by atoms with Crippen LogP contribution in [-0.2, 0) is 16.1 Å². The lowest BCUT2D eigenvalue weighted by Gasteiger charge is -2.28. The normalized spacial score (nSPS) is 21.5. The molecule has 0 radical (unpaired) electrons. The molecule has 0 saturated carbocycles. The highest BCUT2D eigenvalue weighted by molar-refractivity contribution is 5.75. The summed E-state index contributed by atoms with van der Waals surface area (Å²) in [5.41, 5.74) is 0.630. The quantitative estimate of drug-likeness (QED) is 0.861. The number of ether oxygens (including phenoxy) is 1. The zero-order valence-electron chi connectivity index (χ0n) is 14.1. The molecule has 2 fully saturated rings. The van der Waals surface area contributed by atoms with Crippen LogP contribution in [-0.4, -0.2) is 48.5 Å². The summed E-state index contributed by atoms with van der Waals surface area (Å²) in [7, 11) is 0. The average molecular weight is 334 g/mol. The maximum absolute atomic E-state index is 12.2. The Kier molecular flexibility index (Phi) is 5.85. The third-order valence-electron chi connectivity index (χ3n) is 4.71. The van der Waals surface area contributed by atoms with Crippen molar-refractivity contribution in [3.63, 3.8) is 0 Å². The Balaban J connectivity index is 1.52. The highest BCUT2D eigenvalue weighted by Crippen LogP contribution is 2.16. The first-order valence-corrected chi connectivity index (χ1v) is 8.89. The molecule has 1 unspecified atom stereocenters. The number of anilines is 1. The van der Waals surface area contributed by atoms with Gasteiger partial charge in [-0.25, -0.2) is 4.68 Å². The minimum atomic E-state index is -0.228. The number of carbonyl (C=O) groups excluding carboxylic acids is 1. The van der Waals surface area contributed by atoms with Gasteiger partial charge in [0.05, 0.1) is 18.5 Å². The molecule has 24 heavy (non-hydrogen) atoms.